The van der Waals surface area contributed by atoms with E-state index in [0.717, 1.165) is 73.9 Å². The van der Waals surface area contributed by atoms with Gasteiger partial charge in [0.15, 0.2) is 11.4 Å². The van der Waals surface area contributed by atoms with Crippen LogP contribution in [0.5, 0.6) is 5.75 Å². The van der Waals surface area contributed by atoms with Crippen LogP contribution in [0.15, 0.2) is 35.5 Å². The highest BCUT2D eigenvalue weighted by atomic mass is 16.5. The number of hydrogen-bond donors (Lipinski definition) is 2. The minimum absolute atomic E-state index is 0.0213. The fourth-order valence-corrected chi connectivity index (χ4v) is 6.17. The number of nitrogens with zero attached hydrogens (tertiary/aromatic N) is 4. The average Bonchev–Trinajstić information content (AvgIpc) is 3.51. The smallest absolute Gasteiger partial charge is 0.326 e. The van der Waals surface area contributed by atoms with Crippen LogP contribution in [0.1, 0.15) is 69.9 Å². The second-order valence-electron chi connectivity index (χ2n) is 10.8. The van der Waals surface area contributed by atoms with Crippen LogP contribution < -0.4 is 15.7 Å². The maximum absolute atomic E-state index is 13.2. The SMILES string of the molecule is COc1cc(-c2cc3[nH]c(=O)n(C4CCC(NC5CCOCC5)CC4)c3cc2C(C)C)cn2ncnc12. The Balaban J connectivity index is 1.32. The van der Waals surface area contributed by atoms with Gasteiger partial charge in [0.2, 0.25) is 0 Å². The lowest BCUT2D eigenvalue weighted by molar-refractivity contribution is 0.0724. The molecule has 9 heteroatoms. The fourth-order valence-electron chi connectivity index (χ4n) is 6.17. The largest absolute Gasteiger partial charge is 0.493 e. The van der Waals surface area contributed by atoms with Crippen molar-refractivity contribution in [2.45, 2.75) is 76.4 Å². The molecule has 9 nitrogen and oxygen atoms in total. The highest BCUT2D eigenvalue weighted by Crippen LogP contribution is 2.37. The van der Waals surface area contributed by atoms with E-state index in [9.17, 15) is 4.79 Å². The number of imidazole rings is 1. The van der Waals surface area contributed by atoms with Crippen LogP contribution in [-0.4, -0.2) is 56.6 Å². The lowest BCUT2D eigenvalue weighted by Crippen LogP contribution is -2.43. The summed E-state index contributed by atoms with van der Waals surface area (Å²) in [5.41, 5.74) is 5.75. The predicted octanol–water partition coefficient (Wildman–Crippen LogP) is 4.42. The maximum atomic E-state index is 13.2. The third kappa shape index (κ3) is 4.55. The number of rotatable bonds is 6. The molecule has 2 fully saturated rings. The zero-order valence-electron chi connectivity index (χ0n) is 21.9. The van der Waals surface area contributed by atoms with Crippen LogP contribution >= 0.6 is 0 Å². The van der Waals surface area contributed by atoms with Crippen molar-refractivity contribution < 1.29 is 9.47 Å². The number of H-pyrrole nitrogens is 1. The monoisotopic (exact) mass is 504 g/mol. The van der Waals surface area contributed by atoms with Gasteiger partial charge in [0.25, 0.3) is 0 Å². The van der Waals surface area contributed by atoms with E-state index < -0.39 is 0 Å². The van der Waals surface area contributed by atoms with Crippen LogP contribution in [0.2, 0.25) is 0 Å². The van der Waals surface area contributed by atoms with Crippen LogP contribution in [0, 0.1) is 0 Å². The molecule has 3 aromatic heterocycles. The van der Waals surface area contributed by atoms with Crippen molar-refractivity contribution in [1.29, 1.82) is 0 Å². The Morgan fingerprint density at radius 2 is 1.84 bits per heavy atom. The number of ether oxygens (including phenoxy) is 2. The number of benzene rings is 1. The number of pyridine rings is 1. The summed E-state index contributed by atoms with van der Waals surface area (Å²) >= 11 is 0. The number of hydrogen-bond acceptors (Lipinski definition) is 6. The first-order chi connectivity index (χ1) is 18.0. The Bertz CT molecular complexity index is 1450. The molecule has 4 aromatic rings. The molecule has 1 aromatic carbocycles. The van der Waals surface area contributed by atoms with Crippen molar-refractivity contribution in [3.05, 3.63) is 46.8 Å². The van der Waals surface area contributed by atoms with E-state index in [1.807, 2.05) is 16.8 Å². The van der Waals surface area contributed by atoms with Crippen molar-refractivity contribution in [3.63, 3.8) is 0 Å². The molecule has 0 radical (unpaired) electrons. The summed E-state index contributed by atoms with van der Waals surface area (Å²) < 4.78 is 14.9. The summed E-state index contributed by atoms with van der Waals surface area (Å²) in [6, 6.07) is 7.62. The Morgan fingerprint density at radius 1 is 1.08 bits per heavy atom. The number of aromatic nitrogens is 5. The lowest BCUT2D eigenvalue weighted by Gasteiger charge is -2.34. The van der Waals surface area contributed by atoms with E-state index in [2.05, 4.69) is 46.4 Å². The molecule has 0 atom stereocenters. The summed E-state index contributed by atoms with van der Waals surface area (Å²) in [6.45, 7) is 6.10. The minimum Gasteiger partial charge on any atom is -0.493 e. The molecule has 0 bridgehead atoms. The Morgan fingerprint density at radius 3 is 2.57 bits per heavy atom. The molecule has 6 rings (SSSR count). The van der Waals surface area contributed by atoms with E-state index in [1.54, 1.807) is 11.6 Å². The molecule has 4 heterocycles. The Hall–Kier alpha value is -3.17. The number of nitrogens with one attached hydrogen (secondary N) is 2. The van der Waals surface area contributed by atoms with Crippen LogP contribution in [0.3, 0.4) is 0 Å². The van der Waals surface area contributed by atoms with E-state index in [4.69, 9.17) is 9.47 Å². The summed E-state index contributed by atoms with van der Waals surface area (Å²) in [7, 11) is 1.64. The summed E-state index contributed by atoms with van der Waals surface area (Å²) in [6.07, 6.45) is 9.89. The molecular weight excluding hydrogens is 468 g/mol. The summed E-state index contributed by atoms with van der Waals surface area (Å²) in [4.78, 5) is 20.7. The van der Waals surface area contributed by atoms with Gasteiger partial charge in [-0.2, -0.15) is 5.10 Å². The van der Waals surface area contributed by atoms with Crippen molar-refractivity contribution in [2.75, 3.05) is 20.3 Å². The molecular formula is C28H36N6O3. The molecule has 1 aliphatic heterocycles. The van der Waals surface area contributed by atoms with Gasteiger partial charge in [-0.1, -0.05) is 13.8 Å². The van der Waals surface area contributed by atoms with Gasteiger partial charge in [0, 0.05) is 43.1 Å². The third-order valence-electron chi connectivity index (χ3n) is 8.14. The standard InChI is InChI=1S/C28H36N6O3/c1-17(2)22-14-25-24(13-23(22)18-12-26(36-3)27-29-16-30-33(27)15-18)32-28(35)34(25)21-6-4-19(5-7-21)31-20-8-10-37-11-9-20/h12-17,19-21,31H,4-11H2,1-3H3,(H,32,35). The zero-order valence-corrected chi connectivity index (χ0v) is 21.9. The van der Waals surface area contributed by atoms with Gasteiger partial charge in [-0.3, -0.25) is 4.57 Å². The summed E-state index contributed by atoms with van der Waals surface area (Å²) in [5.74, 6) is 0.941. The molecule has 0 amide bonds. The number of fused-ring (bicyclic) bond motifs is 2. The topological polar surface area (TPSA) is 98.5 Å². The Labute approximate surface area is 216 Å². The second-order valence-corrected chi connectivity index (χ2v) is 10.8. The number of methoxy groups -OCH3 is 1. The third-order valence-corrected chi connectivity index (χ3v) is 8.14. The maximum Gasteiger partial charge on any atom is 0.326 e. The van der Waals surface area contributed by atoms with Crippen molar-refractivity contribution in [1.82, 2.24) is 29.5 Å². The van der Waals surface area contributed by atoms with Gasteiger partial charge in [-0.15, -0.1) is 0 Å². The normalized spacial score (nSPS) is 21.3. The van der Waals surface area contributed by atoms with Crippen molar-refractivity contribution >= 4 is 16.7 Å². The van der Waals surface area contributed by atoms with Crippen molar-refractivity contribution in [3.8, 4) is 16.9 Å². The first kappa shape index (κ1) is 24.2. The fraction of sp³-hybridized carbons (Fsp3) is 0.536. The number of aromatic amines is 1. The summed E-state index contributed by atoms with van der Waals surface area (Å²) in [5, 5.41) is 8.17. The molecule has 0 unspecified atom stereocenters. The molecule has 1 saturated carbocycles. The quantitative estimate of drug-likeness (QED) is 0.403. The van der Waals surface area contributed by atoms with E-state index >= 15 is 0 Å². The van der Waals surface area contributed by atoms with Gasteiger partial charge in [-0.05, 0) is 73.8 Å². The average molecular weight is 505 g/mol. The highest BCUT2D eigenvalue weighted by molar-refractivity contribution is 5.85. The van der Waals surface area contributed by atoms with Crippen LogP contribution in [0.25, 0.3) is 27.8 Å². The molecule has 1 saturated heterocycles. The van der Waals surface area contributed by atoms with E-state index in [1.165, 1.54) is 11.9 Å². The van der Waals surface area contributed by atoms with Gasteiger partial charge in [0.1, 0.15) is 6.33 Å². The predicted molar refractivity (Wildman–Crippen MR) is 143 cm³/mol. The zero-order chi connectivity index (χ0) is 25.5. The molecule has 37 heavy (non-hydrogen) atoms. The highest BCUT2D eigenvalue weighted by Gasteiger charge is 2.27. The molecule has 196 valence electrons. The van der Waals surface area contributed by atoms with Crippen LogP contribution in [0.4, 0.5) is 0 Å². The molecule has 2 N–H and O–H groups in total. The second kappa shape index (κ2) is 9.95. The molecule has 2 aliphatic rings. The molecule has 0 spiro atoms. The van der Waals surface area contributed by atoms with Gasteiger partial charge >= 0.3 is 5.69 Å². The van der Waals surface area contributed by atoms with Gasteiger partial charge < -0.3 is 19.8 Å². The van der Waals surface area contributed by atoms with E-state index in [-0.39, 0.29) is 17.6 Å². The lowest BCUT2D eigenvalue weighted by atomic mass is 9.89. The van der Waals surface area contributed by atoms with Gasteiger partial charge in [0.05, 0.1) is 18.1 Å². The first-order valence-corrected chi connectivity index (χ1v) is 13.5. The van der Waals surface area contributed by atoms with Crippen molar-refractivity contribution in [2.24, 2.45) is 0 Å². The Kier molecular flexibility index (Phi) is 6.50. The van der Waals surface area contributed by atoms with Crippen LogP contribution in [-0.2, 0) is 4.74 Å². The van der Waals surface area contributed by atoms with Gasteiger partial charge in [-0.25, -0.2) is 14.3 Å². The first-order valence-electron chi connectivity index (χ1n) is 13.5. The molecule has 1 aliphatic carbocycles. The van der Waals surface area contributed by atoms with E-state index in [0.29, 0.717) is 23.5 Å². The minimum atomic E-state index is -0.0213.